The zero-order valence-corrected chi connectivity index (χ0v) is 23.5. The van der Waals surface area contributed by atoms with E-state index in [1.807, 2.05) is 66.9 Å². The van der Waals surface area contributed by atoms with Crippen molar-refractivity contribution in [3.05, 3.63) is 181 Å². The molecule has 0 aromatic heterocycles. The van der Waals surface area contributed by atoms with Crippen LogP contribution in [0.3, 0.4) is 0 Å². The number of hydrogen-bond acceptors (Lipinski definition) is 3. The summed E-state index contributed by atoms with van der Waals surface area (Å²) in [5.41, 5.74) is 10.7. The summed E-state index contributed by atoms with van der Waals surface area (Å²) >= 11 is 0. The molecular weight excluding hydrogens is 522 g/mol. The smallest absolute Gasteiger partial charge is 0.159 e. The Morgan fingerprint density at radius 2 is 1.21 bits per heavy atom. The number of anilines is 3. The van der Waals surface area contributed by atoms with E-state index in [0.29, 0.717) is 11.5 Å². The zero-order chi connectivity index (χ0) is 29.0. The zero-order valence-electron chi connectivity index (χ0n) is 23.5. The molecule has 7 rings (SSSR count). The van der Waals surface area contributed by atoms with Crippen LogP contribution in [0.1, 0.15) is 16.7 Å². The van der Waals surface area contributed by atoms with Gasteiger partial charge in [0.15, 0.2) is 5.84 Å². The van der Waals surface area contributed by atoms with E-state index in [1.165, 1.54) is 0 Å². The van der Waals surface area contributed by atoms with Gasteiger partial charge in [0.25, 0.3) is 0 Å². The second-order valence-electron chi connectivity index (χ2n) is 10.3. The first-order valence-corrected chi connectivity index (χ1v) is 14.2. The van der Waals surface area contributed by atoms with Crippen molar-refractivity contribution in [1.29, 1.82) is 0 Å². The predicted octanol–water partition coefficient (Wildman–Crippen LogP) is 9.94. The maximum Gasteiger partial charge on any atom is 0.159 e. The second-order valence-corrected chi connectivity index (χ2v) is 10.3. The van der Waals surface area contributed by atoms with Gasteiger partial charge in [-0.15, -0.1) is 0 Å². The van der Waals surface area contributed by atoms with Gasteiger partial charge in [0.05, 0.1) is 11.4 Å². The fourth-order valence-corrected chi connectivity index (χ4v) is 5.29. The molecule has 6 aromatic rings. The van der Waals surface area contributed by atoms with Gasteiger partial charge >= 0.3 is 0 Å². The first-order chi connectivity index (χ1) is 21.2. The summed E-state index contributed by atoms with van der Waals surface area (Å²) in [4.78, 5) is 12.1. The van der Waals surface area contributed by atoms with Gasteiger partial charge in [0.1, 0.15) is 0 Å². The van der Waals surface area contributed by atoms with Crippen LogP contribution in [0.25, 0.3) is 28.0 Å². The molecule has 202 valence electrons. The van der Waals surface area contributed by atoms with Crippen LogP contribution in [0, 0.1) is 12.1 Å². The van der Waals surface area contributed by atoms with Crippen molar-refractivity contribution in [3.8, 4) is 22.3 Å². The summed E-state index contributed by atoms with van der Waals surface area (Å²) < 4.78 is 0. The number of benzene rings is 5. The molecule has 0 atom stereocenters. The lowest BCUT2D eigenvalue weighted by Crippen LogP contribution is -2.10. The second kappa shape index (κ2) is 11.5. The minimum absolute atomic E-state index is 0.584. The van der Waals surface area contributed by atoms with Crippen molar-refractivity contribution in [3.63, 3.8) is 0 Å². The van der Waals surface area contributed by atoms with Gasteiger partial charge in [-0.05, 0) is 64.7 Å². The van der Waals surface area contributed by atoms with E-state index in [9.17, 15) is 0 Å². The van der Waals surface area contributed by atoms with E-state index in [0.717, 1.165) is 56.0 Å². The molecule has 0 spiro atoms. The van der Waals surface area contributed by atoms with Crippen LogP contribution >= 0.6 is 0 Å². The quantitative estimate of drug-likeness (QED) is 0.198. The minimum Gasteiger partial charge on any atom is -0.310 e. The summed E-state index contributed by atoms with van der Waals surface area (Å²) in [6, 6.07) is 56.4. The normalized spacial score (nSPS) is 12.5. The molecule has 0 saturated heterocycles. The highest BCUT2D eigenvalue weighted by molar-refractivity contribution is 6.07. The Morgan fingerprint density at radius 1 is 0.581 bits per heavy atom. The van der Waals surface area contributed by atoms with E-state index in [-0.39, 0.29) is 0 Å². The van der Waals surface area contributed by atoms with Gasteiger partial charge in [-0.25, -0.2) is 9.98 Å². The summed E-state index contributed by atoms with van der Waals surface area (Å²) in [6.07, 6.45) is 1.84. The summed E-state index contributed by atoms with van der Waals surface area (Å²) in [6.45, 7) is 4.36. The monoisotopic (exact) mass is 549 g/mol. The van der Waals surface area contributed by atoms with Crippen molar-refractivity contribution in [2.75, 3.05) is 4.90 Å². The van der Waals surface area contributed by atoms with Crippen molar-refractivity contribution >= 4 is 34.8 Å². The average molecular weight is 550 g/mol. The van der Waals surface area contributed by atoms with Gasteiger partial charge < -0.3 is 4.90 Å². The van der Waals surface area contributed by atoms with Crippen LogP contribution in [0.4, 0.5) is 17.1 Å². The Labute approximate surface area is 252 Å². The Balaban J connectivity index is 1.46. The summed E-state index contributed by atoms with van der Waals surface area (Å²) in [5.74, 6) is 0.584. The molecule has 0 unspecified atom stereocenters. The highest BCUT2D eigenvalue weighted by Crippen LogP contribution is 2.38. The molecule has 0 aliphatic carbocycles. The number of rotatable bonds is 2. The Hall–Kier alpha value is -5.98. The summed E-state index contributed by atoms with van der Waals surface area (Å²) in [7, 11) is 0. The molecule has 0 saturated carbocycles. The van der Waals surface area contributed by atoms with E-state index >= 15 is 0 Å². The van der Waals surface area contributed by atoms with Crippen molar-refractivity contribution in [2.24, 2.45) is 9.98 Å². The van der Waals surface area contributed by atoms with Gasteiger partial charge in [-0.3, -0.25) is 0 Å². The SMILES string of the molecule is C=C1N=C(N=Cc2ccccc2)c2cccc(c2)-c2c#ccc(c2)N(c2ccccc2)c2cccc(c2)-c2cccc1c2. The van der Waals surface area contributed by atoms with Crippen molar-refractivity contribution < 1.29 is 0 Å². The van der Waals surface area contributed by atoms with Crippen LogP contribution in [0.15, 0.2) is 162 Å². The number of para-hydroxylation sites is 1. The molecule has 1 aliphatic rings. The van der Waals surface area contributed by atoms with Crippen LogP contribution in [0.5, 0.6) is 0 Å². The first kappa shape index (κ1) is 26.0. The molecule has 0 radical (unpaired) electrons. The predicted molar refractivity (Wildman–Crippen MR) is 179 cm³/mol. The molecule has 3 nitrogen and oxygen atoms in total. The van der Waals surface area contributed by atoms with Crippen LogP contribution in [-0.2, 0) is 0 Å². The van der Waals surface area contributed by atoms with Crippen molar-refractivity contribution in [1.82, 2.24) is 0 Å². The van der Waals surface area contributed by atoms with Gasteiger partial charge in [-0.2, -0.15) is 0 Å². The Kier molecular flexibility index (Phi) is 6.93. The van der Waals surface area contributed by atoms with E-state index in [1.54, 1.807) is 0 Å². The molecular formula is C40H27N3. The molecule has 3 heteroatoms. The van der Waals surface area contributed by atoms with Gasteiger partial charge in [-0.1, -0.05) is 116 Å². The molecule has 0 amide bonds. The highest BCUT2D eigenvalue weighted by atomic mass is 15.1. The van der Waals surface area contributed by atoms with E-state index in [2.05, 4.69) is 109 Å². The fraction of sp³-hybridized carbons (Fsp3) is 0. The van der Waals surface area contributed by atoms with Crippen LogP contribution in [0.2, 0.25) is 0 Å². The topological polar surface area (TPSA) is 28.0 Å². The molecule has 1 heterocycles. The highest BCUT2D eigenvalue weighted by Gasteiger charge is 2.15. The lowest BCUT2D eigenvalue weighted by molar-refractivity contribution is 1.28. The fourth-order valence-electron chi connectivity index (χ4n) is 5.29. The Bertz CT molecular complexity index is 1990. The molecule has 8 bridgehead atoms. The minimum atomic E-state index is 0.584. The lowest BCUT2D eigenvalue weighted by Gasteiger charge is -2.26. The largest absolute Gasteiger partial charge is 0.310 e. The lowest BCUT2D eigenvalue weighted by atomic mass is 10.00. The maximum atomic E-state index is 4.98. The number of nitrogens with zero attached hydrogens (tertiary/aromatic N) is 3. The molecule has 0 fully saturated rings. The maximum absolute atomic E-state index is 4.98. The number of fused-ring (bicyclic) bond motifs is 10. The number of hydrogen-bond donors (Lipinski definition) is 0. The molecule has 0 N–H and O–H groups in total. The third-order valence-electron chi connectivity index (χ3n) is 7.43. The summed E-state index contributed by atoms with van der Waals surface area (Å²) in [5, 5.41) is 0. The molecule has 1 aliphatic heterocycles. The molecule has 6 aromatic carbocycles. The number of aliphatic imine (C=N–C) groups is 2. The van der Waals surface area contributed by atoms with E-state index in [4.69, 9.17) is 9.98 Å². The first-order valence-electron chi connectivity index (χ1n) is 14.2. The van der Waals surface area contributed by atoms with Gasteiger partial charge in [0, 0.05) is 40.3 Å². The van der Waals surface area contributed by atoms with Crippen LogP contribution < -0.4 is 4.90 Å². The third kappa shape index (κ3) is 5.51. The standard InChI is InChI=1S/C40H27N3/c1-29-31-14-8-15-32(24-31)34-17-10-22-38(26-34)43(37-20-6-3-7-21-37)39-23-11-18-35(27-39)33-16-9-19-36(25-33)40(42-29)41-28-30-12-4-2-5-13-30/h2-10,12-17,19-28H,1H2. The molecule has 43 heavy (non-hydrogen) atoms. The Morgan fingerprint density at radius 3 is 2.02 bits per heavy atom. The average Bonchev–Trinajstić information content (AvgIpc) is 3.08. The van der Waals surface area contributed by atoms with Gasteiger partial charge in [0.2, 0.25) is 0 Å². The number of amidine groups is 1. The van der Waals surface area contributed by atoms with Crippen molar-refractivity contribution in [2.45, 2.75) is 0 Å². The third-order valence-corrected chi connectivity index (χ3v) is 7.43. The van der Waals surface area contributed by atoms with E-state index < -0.39 is 0 Å². The van der Waals surface area contributed by atoms with Crippen LogP contribution in [-0.4, -0.2) is 12.1 Å².